The molecule has 0 spiro atoms. The number of nitrogens with one attached hydrogen (secondary N) is 1. The third-order valence-electron chi connectivity index (χ3n) is 14.5. The van der Waals surface area contributed by atoms with Crippen molar-refractivity contribution < 1.29 is 0 Å². The summed E-state index contributed by atoms with van der Waals surface area (Å²) in [6.07, 6.45) is 0. The van der Waals surface area contributed by atoms with Crippen molar-refractivity contribution in [3.05, 3.63) is 124 Å². The first-order chi connectivity index (χ1) is 29.4. The molecular weight excluding hydrogens is 771 g/mol. The van der Waals surface area contributed by atoms with Crippen LogP contribution in [0.3, 0.4) is 0 Å². The summed E-state index contributed by atoms with van der Waals surface area (Å²) in [6.45, 7) is 44.6. The maximum Gasteiger partial charge on any atom is 0.197 e. The molecule has 0 saturated carbocycles. The lowest BCUT2D eigenvalue weighted by Gasteiger charge is -2.30. The molecule has 0 aliphatic carbocycles. The normalized spacial score (nSPS) is 14.0. The second-order valence-electron chi connectivity index (χ2n) is 25.7. The molecule has 0 atom stereocenters. The molecular formula is C61H72BN2. The molecule has 9 rings (SSSR count). The number of nitrogens with zero attached hydrogens (tertiary/aromatic N) is 1. The van der Waals surface area contributed by atoms with Crippen molar-refractivity contribution in [3.63, 3.8) is 0 Å². The number of fused-ring (bicyclic) bond motifs is 8. The van der Waals surface area contributed by atoms with Crippen LogP contribution in [0, 0.1) is 6.92 Å². The van der Waals surface area contributed by atoms with Gasteiger partial charge >= 0.3 is 0 Å². The summed E-state index contributed by atoms with van der Waals surface area (Å²) in [6, 6.07) is 34.3. The summed E-state index contributed by atoms with van der Waals surface area (Å²) in [5.74, 6) is 0. The Morgan fingerprint density at radius 2 is 0.922 bits per heavy atom. The molecule has 8 aromatic rings. The first-order valence-corrected chi connectivity index (χ1v) is 23.8. The van der Waals surface area contributed by atoms with E-state index in [1.54, 1.807) is 0 Å². The number of hydrogen-bond donors (Lipinski definition) is 1. The Balaban J connectivity index is 1.49. The van der Waals surface area contributed by atoms with Gasteiger partial charge in [-0.3, -0.25) is 0 Å². The highest BCUT2D eigenvalue weighted by atomic mass is 15.0. The Kier molecular flexibility index (Phi) is 9.67. The van der Waals surface area contributed by atoms with Crippen molar-refractivity contribution in [1.29, 1.82) is 0 Å². The Hall–Kier alpha value is -5.02. The van der Waals surface area contributed by atoms with E-state index in [0.717, 1.165) is 0 Å². The van der Waals surface area contributed by atoms with Gasteiger partial charge in [0.1, 0.15) is 0 Å². The third-order valence-corrected chi connectivity index (χ3v) is 14.5. The second-order valence-corrected chi connectivity index (χ2v) is 25.7. The molecule has 2 nitrogen and oxygen atoms in total. The number of aromatic amines is 1. The Labute approximate surface area is 385 Å². The maximum absolute atomic E-state index is 4.05. The summed E-state index contributed by atoms with van der Waals surface area (Å²) in [7, 11) is 2.55. The van der Waals surface area contributed by atoms with Crippen molar-refractivity contribution in [2.24, 2.45) is 0 Å². The van der Waals surface area contributed by atoms with E-state index < -0.39 is 0 Å². The first-order valence-electron chi connectivity index (χ1n) is 23.8. The van der Waals surface area contributed by atoms with E-state index >= 15 is 0 Å². The molecule has 2 aromatic heterocycles. The van der Waals surface area contributed by atoms with E-state index in [9.17, 15) is 0 Å². The van der Waals surface area contributed by atoms with Gasteiger partial charge < -0.3 is 9.55 Å². The molecule has 6 aromatic carbocycles. The maximum atomic E-state index is 4.05. The van der Waals surface area contributed by atoms with Crippen molar-refractivity contribution in [2.45, 2.75) is 164 Å². The SMILES string of the molecule is Cc1c(-c2cc(C(C)(C)C)cc(C(C)(C)C)c2)cc2c(c1-c1cc(C(C)(C)C)cc3c1[nH]c1ccc(C(C)(C)C)cc13)[B]c1cc(C(C)(C)C)cc3c4cc(C(C)(C)C)ccc4n-2c13. The molecule has 0 fully saturated rings. The Morgan fingerprint density at radius 3 is 1.48 bits per heavy atom. The third kappa shape index (κ3) is 7.25. The van der Waals surface area contributed by atoms with Gasteiger partial charge in [-0.15, -0.1) is 0 Å². The minimum Gasteiger partial charge on any atom is -0.354 e. The highest BCUT2D eigenvalue weighted by Gasteiger charge is 2.33. The van der Waals surface area contributed by atoms with Gasteiger partial charge in [0, 0.05) is 43.8 Å². The van der Waals surface area contributed by atoms with Gasteiger partial charge in [0.05, 0.1) is 11.0 Å². The standard InChI is InChI=1S/C61H72BN2/c1-34-42(35-24-38(58(8,9)10)26-39(25-35)59(11,12)13)33-51-53(52(34)47-31-40(60(14,15)16)29-45-43-27-36(56(2,3)4)20-22-49(43)63-54(45)47)62-48-32-41(61(17,18)19)30-46-44-28-37(57(5,6)7)21-23-50(44)64(51)55(46)48/h20-33,63H,1-19H3. The van der Waals surface area contributed by atoms with Crippen molar-refractivity contribution in [3.8, 4) is 27.9 Å². The zero-order valence-corrected chi connectivity index (χ0v) is 42.6. The van der Waals surface area contributed by atoms with Crippen molar-refractivity contribution in [1.82, 2.24) is 9.55 Å². The van der Waals surface area contributed by atoms with Gasteiger partial charge in [-0.05, 0) is 149 Å². The van der Waals surface area contributed by atoms with Crippen LogP contribution in [0.5, 0.6) is 0 Å². The lowest BCUT2D eigenvalue weighted by atomic mass is 9.57. The van der Waals surface area contributed by atoms with Crippen LogP contribution in [0.2, 0.25) is 0 Å². The van der Waals surface area contributed by atoms with Crippen molar-refractivity contribution in [2.75, 3.05) is 0 Å². The van der Waals surface area contributed by atoms with Crippen molar-refractivity contribution >= 4 is 61.8 Å². The summed E-state index contributed by atoms with van der Waals surface area (Å²) in [4.78, 5) is 4.05. The fraction of sp³-hybridized carbons (Fsp3) is 0.410. The van der Waals surface area contributed by atoms with E-state index in [0.29, 0.717) is 0 Å². The minimum atomic E-state index is -0.0755. The van der Waals surface area contributed by atoms with Crippen LogP contribution in [-0.4, -0.2) is 16.8 Å². The molecule has 0 amide bonds. The van der Waals surface area contributed by atoms with Crippen LogP contribution in [-0.2, 0) is 32.5 Å². The molecule has 1 aliphatic heterocycles. The van der Waals surface area contributed by atoms with Gasteiger partial charge in [0.15, 0.2) is 7.28 Å². The fourth-order valence-electron chi connectivity index (χ4n) is 10.1. The van der Waals surface area contributed by atoms with Crippen LogP contribution >= 0.6 is 0 Å². The molecule has 1 aliphatic rings. The molecule has 64 heavy (non-hydrogen) atoms. The van der Waals surface area contributed by atoms with Crippen LogP contribution in [0.4, 0.5) is 0 Å². The number of hydrogen-bond acceptors (Lipinski definition) is 0. The molecule has 0 bridgehead atoms. The zero-order chi connectivity index (χ0) is 46.6. The first kappa shape index (κ1) is 44.2. The molecule has 0 saturated heterocycles. The average Bonchev–Trinajstić information content (AvgIpc) is 3.71. The molecule has 3 heterocycles. The minimum absolute atomic E-state index is 0.0184. The van der Waals surface area contributed by atoms with E-state index in [1.807, 2.05) is 0 Å². The number of H-pyrrole nitrogens is 1. The fourth-order valence-corrected chi connectivity index (χ4v) is 10.1. The van der Waals surface area contributed by atoms with E-state index in [-0.39, 0.29) is 32.5 Å². The van der Waals surface area contributed by atoms with Crippen LogP contribution in [0.1, 0.15) is 164 Å². The number of benzene rings is 6. The molecule has 0 unspecified atom stereocenters. The van der Waals surface area contributed by atoms with Gasteiger partial charge in [-0.1, -0.05) is 166 Å². The largest absolute Gasteiger partial charge is 0.354 e. The summed E-state index contributed by atoms with van der Waals surface area (Å²) < 4.78 is 2.63. The van der Waals surface area contributed by atoms with Gasteiger partial charge in [-0.25, -0.2) is 0 Å². The van der Waals surface area contributed by atoms with Crippen LogP contribution < -0.4 is 10.9 Å². The molecule has 329 valence electrons. The highest BCUT2D eigenvalue weighted by Crippen LogP contribution is 2.46. The van der Waals surface area contributed by atoms with E-state index in [1.165, 1.54) is 121 Å². The molecule has 1 radical (unpaired) electrons. The summed E-state index contributed by atoms with van der Waals surface area (Å²) >= 11 is 0. The number of aromatic nitrogens is 2. The second kappa shape index (κ2) is 14.0. The zero-order valence-electron chi connectivity index (χ0n) is 42.6. The Bertz CT molecular complexity index is 3190. The van der Waals surface area contributed by atoms with Crippen LogP contribution in [0.15, 0.2) is 84.9 Å². The number of rotatable bonds is 2. The Morgan fingerprint density at radius 1 is 0.438 bits per heavy atom. The predicted molar refractivity (Wildman–Crippen MR) is 283 cm³/mol. The lowest BCUT2D eigenvalue weighted by Crippen LogP contribution is -2.38. The van der Waals surface area contributed by atoms with E-state index in [4.69, 9.17) is 0 Å². The van der Waals surface area contributed by atoms with Gasteiger partial charge in [0.2, 0.25) is 0 Å². The molecule has 1 N–H and O–H groups in total. The van der Waals surface area contributed by atoms with Gasteiger partial charge in [0.25, 0.3) is 0 Å². The molecule has 3 heteroatoms. The summed E-state index contributed by atoms with van der Waals surface area (Å²) in [5.41, 5.74) is 23.3. The highest BCUT2D eigenvalue weighted by molar-refractivity contribution is 6.73. The topological polar surface area (TPSA) is 20.7 Å². The quantitative estimate of drug-likeness (QED) is 0.167. The van der Waals surface area contributed by atoms with Crippen LogP contribution in [0.25, 0.3) is 71.6 Å². The van der Waals surface area contributed by atoms with E-state index in [2.05, 4.69) is 233 Å². The predicted octanol–water partition coefficient (Wildman–Crippen LogP) is 15.8. The summed E-state index contributed by atoms with van der Waals surface area (Å²) in [5, 5.41) is 5.25. The average molecular weight is 844 g/mol. The van der Waals surface area contributed by atoms with Gasteiger partial charge in [-0.2, -0.15) is 0 Å². The monoisotopic (exact) mass is 844 g/mol. The smallest absolute Gasteiger partial charge is 0.197 e. The lowest BCUT2D eigenvalue weighted by molar-refractivity contribution is 0.569.